The number of carbonyl (C=O) groups is 1. The second-order valence-electron chi connectivity index (χ2n) is 6.07. The van der Waals surface area contributed by atoms with Crippen molar-refractivity contribution in [2.75, 3.05) is 13.7 Å². The molecule has 2 aromatic heterocycles. The summed E-state index contributed by atoms with van der Waals surface area (Å²) in [5, 5.41) is 2.68. The summed E-state index contributed by atoms with van der Waals surface area (Å²) in [5.74, 6) is 0.799. The third-order valence-corrected chi connectivity index (χ3v) is 6.74. The Kier molecular flexibility index (Phi) is 4.98. The van der Waals surface area contributed by atoms with Gasteiger partial charge in [0.05, 0.1) is 22.4 Å². The van der Waals surface area contributed by atoms with Crippen LogP contribution in [0.2, 0.25) is 4.34 Å². The van der Waals surface area contributed by atoms with E-state index in [-0.39, 0.29) is 11.9 Å². The molecule has 1 atom stereocenters. The Balaban J connectivity index is 1.58. The molecule has 0 N–H and O–H groups in total. The van der Waals surface area contributed by atoms with Gasteiger partial charge >= 0.3 is 0 Å². The van der Waals surface area contributed by atoms with E-state index in [2.05, 4.69) is 11.1 Å². The summed E-state index contributed by atoms with van der Waals surface area (Å²) in [6, 6.07) is 11.8. The van der Waals surface area contributed by atoms with E-state index < -0.39 is 0 Å². The first kappa shape index (κ1) is 17.5. The number of nitrogens with zero attached hydrogens (tertiary/aromatic N) is 2. The van der Waals surface area contributed by atoms with Crippen LogP contribution in [-0.2, 0) is 0 Å². The van der Waals surface area contributed by atoms with E-state index in [9.17, 15) is 4.79 Å². The lowest BCUT2D eigenvalue weighted by Gasteiger charge is -2.24. The molecule has 0 saturated carbocycles. The van der Waals surface area contributed by atoms with Crippen molar-refractivity contribution in [3.8, 4) is 15.6 Å². The number of thiazole rings is 1. The standard InChI is InChI=1S/C19H17ClN2O2S2/c1-24-13-5-2-4-12(10-13)15-6-3-9-22(15)19(23)14-11-25-18(21-14)16-7-8-17(20)26-16/h2,4-5,7-8,10-11,15H,3,6,9H2,1H3. The van der Waals surface area contributed by atoms with Gasteiger partial charge < -0.3 is 9.64 Å². The van der Waals surface area contributed by atoms with Crippen molar-refractivity contribution >= 4 is 40.2 Å². The van der Waals surface area contributed by atoms with Gasteiger partial charge in [0.2, 0.25) is 0 Å². The summed E-state index contributed by atoms with van der Waals surface area (Å²) in [4.78, 5) is 20.5. The Labute approximate surface area is 165 Å². The fourth-order valence-corrected chi connectivity index (χ4v) is 5.18. The minimum absolute atomic E-state index is 0.0135. The number of benzene rings is 1. The molecule has 1 aliphatic heterocycles. The highest BCUT2D eigenvalue weighted by molar-refractivity contribution is 7.23. The lowest BCUT2D eigenvalue weighted by atomic mass is 10.0. The maximum absolute atomic E-state index is 13.1. The van der Waals surface area contributed by atoms with Gasteiger partial charge in [-0.1, -0.05) is 23.7 Å². The van der Waals surface area contributed by atoms with Crippen LogP contribution >= 0.6 is 34.3 Å². The number of hydrogen-bond donors (Lipinski definition) is 0. The summed E-state index contributed by atoms with van der Waals surface area (Å²) < 4.78 is 6.05. The summed E-state index contributed by atoms with van der Waals surface area (Å²) in [6.07, 6.45) is 1.95. The predicted molar refractivity (Wildman–Crippen MR) is 106 cm³/mol. The summed E-state index contributed by atoms with van der Waals surface area (Å²) in [7, 11) is 1.66. The zero-order valence-electron chi connectivity index (χ0n) is 14.1. The van der Waals surface area contributed by atoms with Crippen LogP contribution in [0.25, 0.3) is 9.88 Å². The molecule has 1 saturated heterocycles. The molecule has 1 unspecified atom stereocenters. The number of hydrogen-bond acceptors (Lipinski definition) is 5. The Morgan fingerprint density at radius 2 is 2.23 bits per heavy atom. The van der Waals surface area contributed by atoms with Gasteiger partial charge in [-0.2, -0.15) is 0 Å². The van der Waals surface area contributed by atoms with Crippen LogP contribution in [0.5, 0.6) is 5.75 Å². The zero-order valence-corrected chi connectivity index (χ0v) is 16.5. The van der Waals surface area contributed by atoms with Gasteiger partial charge in [0, 0.05) is 11.9 Å². The highest BCUT2D eigenvalue weighted by atomic mass is 35.5. The number of carbonyl (C=O) groups excluding carboxylic acids is 1. The lowest BCUT2D eigenvalue weighted by molar-refractivity contribution is 0.0730. The molecule has 3 aromatic rings. The average Bonchev–Trinajstić information content (AvgIpc) is 3.41. The van der Waals surface area contributed by atoms with Crippen molar-refractivity contribution in [3.05, 3.63) is 57.4 Å². The third-order valence-electron chi connectivity index (χ3n) is 4.50. The van der Waals surface area contributed by atoms with Crippen molar-refractivity contribution in [2.45, 2.75) is 18.9 Å². The van der Waals surface area contributed by atoms with E-state index in [1.54, 1.807) is 7.11 Å². The maximum Gasteiger partial charge on any atom is 0.273 e. The van der Waals surface area contributed by atoms with E-state index >= 15 is 0 Å². The van der Waals surface area contributed by atoms with Gasteiger partial charge in [0.15, 0.2) is 0 Å². The summed E-state index contributed by atoms with van der Waals surface area (Å²) in [5.41, 5.74) is 1.61. The fraction of sp³-hybridized carbons (Fsp3) is 0.263. The number of thiophene rings is 1. The van der Waals surface area contributed by atoms with Gasteiger partial charge in [-0.25, -0.2) is 4.98 Å². The first-order valence-corrected chi connectivity index (χ1v) is 10.4. The highest BCUT2D eigenvalue weighted by Gasteiger charge is 2.32. The SMILES string of the molecule is COc1cccc(C2CCCN2C(=O)c2csc(-c3ccc(Cl)s3)n2)c1. The molecule has 26 heavy (non-hydrogen) atoms. The Hall–Kier alpha value is -1.89. The molecule has 0 bridgehead atoms. The van der Waals surface area contributed by atoms with Gasteiger partial charge in [0.25, 0.3) is 5.91 Å². The van der Waals surface area contributed by atoms with Crippen molar-refractivity contribution < 1.29 is 9.53 Å². The Morgan fingerprint density at radius 1 is 1.35 bits per heavy atom. The molecule has 0 aliphatic carbocycles. The number of likely N-dealkylation sites (tertiary alicyclic amines) is 1. The molecule has 1 aliphatic rings. The molecule has 1 fully saturated rings. The lowest BCUT2D eigenvalue weighted by Crippen LogP contribution is -2.30. The monoisotopic (exact) mass is 404 g/mol. The molecular formula is C19H17ClN2O2S2. The van der Waals surface area contributed by atoms with Crippen LogP contribution in [0.4, 0.5) is 0 Å². The van der Waals surface area contributed by atoms with Gasteiger partial charge in [0.1, 0.15) is 16.5 Å². The smallest absolute Gasteiger partial charge is 0.273 e. The average molecular weight is 405 g/mol. The van der Waals surface area contributed by atoms with Crippen LogP contribution in [-0.4, -0.2) is 29.4 Å². The van der Waals surface area contributed by atoms with E-state index in [1.165, 1.54) is 22.7 Å². The normalized spacial score (nSPS) is 16.8. The minimum Gasteiger partial charge on any atom is -0.497 e. The highest BCUT2D eigenvalue weighted by Crippen LogP contribution is 2.36. The van der Waals surface area contributed by atoms with Crippen molar-refractivity contribution in [2.24, 2.45) is 0 Å². The molecular weight excluding hydrogens is 388 g/mol. The van der Waals surface area contributed by atoms with Gasteiger partial charge in [-0.05, 0) is 42.7 Å². The predicted octanol–water partition coefficient (Wildman–Crippen LogP) is 5.51. The van der Waals surface area contributed by atoms with E-state index in [4.69, 9.17) is 16.3 Å². The summed E-state index contributed by atoms with van der Waals surface area (Å²) >= 11 is 8.96. The number of methoxy groups -OCH3 is 1. The largest absolute Gasteiger partial charge is 0.497 e. The molecule has 1 amide bonds. The second kappa shape index (κ2) is 7.39. The summed E-state index contributed by atoms with van der Waals surface area (Å²) in [6.45, 7) is 0.748. The number of ether oxygens (including phenoxy) is 1. The van der Waals surface area contributed by atoms with Gasteiger partial charge in [-0.15, -0.1) is 22.7 Å². The third kappa shape index (κ3) is 3.37. The van der Waals surface area contributed by atoms with E-state index in [1.807, 2.05) is 40.6 Å². The van der Waals surface area contributed by atoms with E-state index in [0.29, 0.717) is 5.69 Å². The number of aromatic nitrogens is 1. The van der Waals surface area contributed by atoms with Crippen molar-refractivity contribution in [3.63, 3.8) is 0 Å². The Bertz CT molecular complexity index is 937. The quantitative estimate of drug-likeness (QED) is 0.575. The first-order chi connectivity index (χ1) is 12.7. The Morgan fingerprint density at radius 3 is 3.00 bits per heavy atom. The van der Waals surface area contributed by atoms with Crippen LogP contribution in [0.15, 0.2) is 41.8 Å². The molecule has 3 heterocycles. The van der Waals surface area contributed by atoms with Crippen LogP contribution in [0.1, 0.15) is 34.9 Å². The molecule has 134 valence electrons. The fourth-order valence-electron chi connectivity index (χ4n) is 3.27. The van der Waals surface area contributed by atoms with Gasteiger partial charge in [-0.3, -0.25) is 4.79 Å². The molecule has 0 spiro atoms. The van der Waals surface area contributed by atoms with Crippen molar-refractivity contribution in [1.29, 1.82) is 0 Å². The van der Waals surface area contributed by atoms with E-state index in [0.717, 1.165) is 44.9 Å². The molecule has 4 rings (SSSR count). The number of rotatable bonds is 4. The topological polar surface area (TPSA) is 42.4 Å². The van der Waals surface area contributed by atoms with Crippen LogP contribution in [0.3, 0.4) is 0 Å². The molecule has 1 aromatic carbocycles. The molecule has 0 radical (unpaired) electrons. The molecule has 7 heteroatoms. The van der Waals surface area contributed by atoms with Crippen molar-refractivity contribution in [1.82, 2.24) is 9.88 Å². The minimum atomic E-state index is -0.0135. The molecule has 4 nitrogen and oxygen atoms in total. The number of amides is 1. The second-order valence-corrected chi connectivity index (χ2v) is 8.65. The van der Waals surface area contributed by atoms with Crippen LogP contribution < -0.4 is 4.74 Å². The van der Waals surface area contributed by atoms with Crippen LogP contribution in [0, 0.1) is 0 Å². The number of halogens is 1. The zero-order chi connectivity index (χ0) is 18.1. The first-order valence-electron chi connectivity index (χ1n) is 8.32. The maximum atomic E-state index is 13.1.